The number of alkyl halides is 3. The average molecular weight is 513 g/mol. The lowest BCUT2D eigenvalue weighted by Crippen LogP contribution is -2.44. The summed E-state index contributed by atoms with van der Waals surface area (Å²) in [5.41, 5.74) is 6.61. The van der Waals surface area contributed by atoms with Crippen LogP contribution in [0.1, 0.15) is 22.7 Å². The maximum absolute atomic E-state index is 13.4. The Morgan fingerprint density at radius 1 is 1.21 bits per heavy atom. The minimum absolute atomic E-state index is 0.0911. The fourth-order valence-electron chi connectivity index (χ4n) is 2.78. The van der Waals surface area contributed by atoms with Crippen molar-refractivity contribution in [2.75, 3.05) is 12.9 Å². The number of hydrogen-bond acceptors (Lipinski definition) is 7. The molecule has 4 N–H and O–H groups in total. The zero-order valence-electron chi connectivity index (χ0n) is 16.9. The van der Waals surface area contributed by atoms with Crippen molar-refractivity contribution < 1.29 is 44.6 Å². The summed E-state index contributed by atoms with van der Waals surface area (Å²) in [6.45, 7) is -1.50. The third-order valence-corrected chi connectivity index (χ3v) is 6.06. The minimum Gasteiger partial charge on any atom is -0.343 e. The number of pyridine rings is 1. The molecule has 1 aromatic carbocycles. The summed E-state index contributed by atoms with van der Waals surface area (Å²) >= 11 is 0. The summed E-state index contributed by atoms with van der Waals surface area (Å²) in [7, 11) is -9.27. The number of hydrogen-bond donors (Lipinski definition) is 3. The van der Waals surface area contributed by atoms with Gasteiger partial charge in [-0.15, -0.1) is 4.20 Å². The highest BCUT2D eigenvalue weighted by atomic mass is 32.2. The van der Waals surface area contributed by atoms with E-state index < -0.39 is 54.3 Å². The van der Waals surface area contributed by atoms with Crippen molar-refractivity contribution in [1.29, 1.82) is 0 Å². The molecule has 2 aromatic rings. The van der Waals surface area contributed by atoms with Crippen LogP contribution in [0.3, 0.4) is 0 Å². The van der Waals surface area contributed by atoms with Gasteiger partial charge in [-0.2, -0.15) is 8.78 Å². The van der Waals surface area contributed by atoms with E-state index in [2.05, 4.69) is 9.51 Å². The number of nitrogens with one attached hydrogen (secondary N) is 1. The van der Waals surface area contributed by atoms with Gasteiger partial charge in [-0.25, -0.2) is 17.4 Å². The van der Waals surface area contributed by atoms with E-state index in [-0.39, 0.29) is 11.3 Å². The van der Waals surface area contributed by atoms with Gasteiger partial charge < -0.3 is 11.1 Å². The quantitative estimate of drug-likeness (QED) is 0.324. The van der Waals surface area contributed by atoms with Crippen LogP contribution in [0.5, 0.6) is 0 Å². The monoisotopic (exact) mass is 513 g/mol. The van der Waals surface area contributed by atoms with E-state index in [4.69, 9.17) is 10.6 Å². The Morgan fingerprint density at radius 3 is 2.21 bits per heavy atom. The Balaban J connectivity index is 2.33. The highest BCUT2D eigenvalue weighted by Crippen LogP contribution is 2.49. The van der Waals surface area contributed by atoms with Gasteiger partial charge in [0.25, 0.3) is 5.91 Å². The van der Waals surface area contributed by atoms with Gasteiger partial charge in [0, 0.05) is 18.0 Å². The Kier molecular flexibility index (Phi) is 8.71. The summed E-state index contributed by atoms with van der Waals surface area (Å²) in [6.07, 6.45) is -3.11. The summed E-state index contributed by atoms with van der Waals surface area (Å²) in [5.74, 6) is -1.87. The van der Waals surface area contributed by atoms with Crippen LogP contribution in [0.2, 0.25) is 0 Å². The molecular formula is C18H20F4N3O6PS. The molecule has 1 heterocycles. The first kappa shape index (κ1) is 26.9. The summed E-state index contributed by atoms with van der Waals surface area (Å²) in [6, 6.07) is 6.32. The maximum Gasteiger partial charge on any atom is 0.511 e. The Bertz CT molecular complexity index is 1110. The van der Waals surface area contributed by atoms with Gasteiger partial charge in [0.15, 0.2) is 15.2 Å². The molecule has 33 heavy (non-hydrogen) atoms. The second-order valence-electron chi connectivity index (χ2n) is 6.89. The van der Waals surface area contributed by atoms with E-state index in [1.807, 2.05) is 0 Å². The predicted molar refractivity (Wildman–Crippen MR) is 110 cm³/mol. The Labute approximate surface area is 186 Å². The predicted octanol–water partition coefficient (Wildman–Crippen LogP) is 2.60. The lowest BCUT2D eigenvalue weighted by Gasteiger charge is -2.26. The molecule has 182 valence electrons. The first-order chi connectivity index (χ1) is 15.2. The van der Waals surface area contributed by atoms with Crippen molar-refractivity contribution in [2.45, 2.75) is 23.9 Å². The van der Waals surface area contributed by atoms with Gasteiger partial charge in [-0.3, -0.25) is 19.2 Å². The molecule has 0 spiro atoms. The maximum atomic E-state index is 13.4. The number of halogens is 4. The van der Waals surface area contributed by atoms with Crippen LogP contribution in [-0.4, -0.2) is 49.6 Å². The third-order valence-electron chi connectivity index (χ3n) is 4.41. The number of amides is 1. The first-order valence-electron chi connectivity index (χ1n) is 9.09. The average Bonchev–Trinajstić information content (AvgIpc) is 2.74. The van der Waals surface area contributed by atoms with Crippen molar-refractivity contribution in [3.05, 3.63) is 53.9 Å². The topological polar surface area (TPSA) is 149 Å². The fourth-order valence-corrected chi connectivity index (χ4v) is 3.90. The minimum atomic E-state index is -5.70. The van der Waals surface area contributed by atoms with Gasteiger partial charge in [-0.1, -0.05) is 30.3 Å². The molecule has 9 nitrogen and oxygen atoms in total. The van der Waals surface area contributed by atoms with Crippen LogP contribution in [0.25, 0.3) is 11.1 Å². The van der Waals surface area contributed by atoms with Crippen LogP contribution in [0.4, 0.5) is 17.4 Å². The highest BCUT2D eigenvalue weighted by molar-refractivity contribution is 7.90. The third kappa shape index (κ3) is 7.57. The van der Waals surface area contributed by atoms with Crippen LogP contribution in [-0.2, 0) is 23.7 Å². The zero-order valence-corrected chi connectivity index (χ0v) is 18.6. The molecule has 2 unspecified atom stereocenters. The molecule has 0 fully saturated rings. The molecule has 0 saturated carbocycles. The molecule has 1 amide bonds. The van der Waals surface area contributed by atoms with Gasteiger partial charge >= 0.3 is 14.3 Å². The van der Waals surface area contributed by atoms with E-state index in [1.54, 1.807) is 5.32 Å². The smallest absolute Gasteiger partial charge is 0.343 e. The van der Waals surface area contributed by atoms with E-state index in [0.717, 1.165) is 6.26 Å². The number of sulfone groups is 1. The molecule has 0 radical (unpaired) electrons. The molecular weight excluding hydrogens is 493 g/mol. The van der Waals surface area contributed by atoms with Gasteiger partial charge in [0.2, 0.25) is 0 Å². The van der Waals surface area contributed by atoms with Crippen molar-refractivity contribution in [2.24, 2.45) is 5.73 Å². The van der Waals surface area contributed by atoms with Crippen LogP contribution in [0.15, 0.2) is 42.6 Å². The first-order valence-corrected chi connectivity index (χ1v) is 12.5. The Morgan fingerprint density at radius 2 is 1.79 bits per heavy atom. The molecule has 0 aliphatic heterocycles. The van der Waals surface area contributed by atoms with Crippen molar-refractivity contribution in [3.63, 3.8) is 0 Å². The van der Waals surface area contributed by atoms with E-state index in [0.29, 0.717) is 11.1 Å². The SMILES string of the molecule is CS(=O)(=O)C(N)c1ccc(-c2ccc([C@@H](OP(=O)(O)F)[C@@H](CF)NC(=O)C(F)F)cc2)cn1. The lowest BCUT2D eigenvalue weighted by atomic mass is 9.99. The number of carbonyl (C=O) groups is 1. The van der Waals surface area contributed by atoms with Crippen molar-refractivity contribution in [3.8, 4) is 11.1 Å². The molecule has 0 bridgehead atoms. The molecule has 4 atom stereocenters. The summed E-state index contributed by atoms with van der Waals surface area (Å²) in [4.78, 5) is 24.1. The molecule has 0 aliphatic carbocycles. The van der Waals surface area contributed by atoms with Gasteiger partial charge in [0.05, 0.1) is 11.7 Å². The number of rotatable bonds is 10. The molecule has 2 rings (SSSR count). The molecule has 0 aliphatic rings. The Hall–Kier alpha value is -2.38. The van der Waals surface area contributed by atoms with Gasteiger partial charge in [0.1, 0.15) is 12.8 Å². The number of aromatic nitrogens is 1. The number of carbonyl (C=O) groups excluding carboxylic acids is 1. The van der Waals surface area contributed by atoms with Crippen molar-refractivity contribution in [1.82, 2.24) is 10.3 Å². The van der Waals surface area contributed by atoms with Crippen molar-refractivity contribution >= 4 is 23.7 Å². The second-order valence-corrected chi connectivity index (χ2v) is 10.2. The number of nitrogens with two attached hydrogens (primary N) is 1. The van der Waals surface area contributed by atoms with E-state index in [1.165, 1.54) is 42.6 Å². The van der Waals surface area contributed by atoms with Crippen LogP contribution in [0, 0.1) is 0 Å². The largest absolute Gasteiger partial charge is 0.511 e. The molecule has 1 aromatic heterocycles. The zero-order chi connectivity index (χ0) is 25.0. The second kappa shape index (κ2) is 10.7. The standard InChI is InChI=1S/C18H20F4N3O6PS/c1-33(29,30)17(23)13-7-6-12(9-24-13)10-2-4-11(5-3-10)15(31-32(22,27)28)14(8-19)25-18(26)16(20)21/h2-7,9,14-17H,8,23H2,1H3,(H,25,26)(H,27,28)/t14-,15-,17?/m1/s1. The number of nitrogens with zero attached hydrogens (tertiary/aromatic N) is 1. The lowest BCUT2D eigenvalue weighted by molar-refractivity contribution is -0.133. The van der Waals surface area contributed by atoms with Crippen LogP contribution >= 0.6 is 7.91 Å². The fraction of sp³-hybridized carbons (Fsp3) is 0.333. The molecule has 0 saturated heterocycles. The van der Waals surface area contributed by atoms with E-state index >= 15 is 0 Å². The summed E-state index contributed by atoms with van der Waals surface area (Å²) < 4.78 is 90.3. The van der Waals surface area contributed by atoms with Crippen LogP contribution < -0.4 is 11.1 Å². The van der Waals surface area contributed by atoms with E-state index in [9.17, 15) is 35.1 Å². The normalized spacial score (nSPS) is 16.6. The highest BCUT2D eigenvalue weighted by Gasteiger charge is 2.34. The summed E-state index contributed by atoms with van der Waals surface area (Å²) in [5, 5.41) is 0.287. The molecule has 15 heteroatoms. The van der Waals surface area contributed by atoms with Gasteiger partial charge in [-0.05, 0) is 17.2 Å². The number of benzene rings is 1.